The first-order chi connectivity index (χ1) is 15.5. The number of anilines is 1. The fourth-order valence-electron chi connectivity index (χ4n) is 4.45. The zero-order valence-electron chi connectivity index (χ0n) is 18.0. The molecule has 2 heteroatoms. The number of halogens is 1. The first-order valence-corrected chi connectivity index (χ1v) is 10.8. The smallest absolute Gasteiger partial charge is 0.124 e. The Bertz CT molecular complexity index is 1310. The van der Waals surface area contributed by atoms with E-state index in [0.717, 1.165) is 44.7 Å². The molecular formula is C30H24FN. The van der Waals surface area contributed by atoms with Gasteiger partial charge in [0.2, 0.25) is 0 Å². The lowest BCUT2D eigenvalue weighted by Crippen LogP contribution is -2.33. The van der Waals surface area contributed by atoms with Gasteiger partial charge in [0.05, 0.1) is 11.2 Å². The summed E-state index contributed by atoms with van der Waals surface area (Å²) in [5.41, 5.74) is 7.01. The van der Waals surface area contributed by atoms with Gasteiger partial charge in [-0.2, -0.15) is 0 Å². The minimum absolute atomic E-state index is 0.275. The summed E-state index contributed by atoms with van der Waals surface area (Å²) in [4.78, 5) is 0. The Kier molecular flexibility index (Phi) is 4.99. The molecule has 1 N–H and O–H groups in total. The lowest BCUT2D eigenvalue weighted by atomic mass is 9.80. The molecule has 1 heterocycles. The van der Waals surface area contributed by atoms with Gasteiger partial charge in [-0.3, -0.25) is 0 Å². The molecule has 0 fully saturated rings. The van der Waals surface area contributed by atoms with Gasteiger partial charge in [0.15, 0.2) is 0 Å². The molecule has 1 aliphatic heterocycles. The maximum Gasteiger partial charge on any atom is 0.124 e. The number of fused-ring (bicyclic) bond motifs is 1. The Hall–Kier alpha value is -3.91. The van der Waals surface area contributed by atoms with Gasteiger partial charge in [0.1, 0.15) is 5.82 Å². The van der Waals surface area contributed by atoms with Crippen LogP contribution in [0.25, 0.3) is 11.1 Å². The van der Waals surface area contributed by atoms with Gasteiger partial charge >= 0.3 is 0 Å². The van der Waals surface area contributed by atoms with E-state index in [2.05, 4.69) is 49.2 Å². The third kappa shape index (κ3) is 3.54. The maximum absolute atomic E-state index is 14.9. The molecule has 0 radical (unpaired) electrons. The van der Waals surface area contributed by atoms with Crippen LogP contribution in [0.3, 0.4) is 0 Å². The molecule has 1 nitrogen and oxygen atoms in total. The van der Waals surface area contributed by atoms with Crippen molar-refractivity contribution < 1.29 is 4.39 Å². The number of rotatable bonds is 4. The molecule has 0 saturated carbocycles. The molecule has 0 spiro atoms. The van der Waals surface area contributed by atoms with Crippen LogP contribution < -0.4 is 5.32 Å². The lowest BCUT2D eigenvalue weighted by Gasteiger charge is -2.37. The van der Waals surface area contributed by atoms with Gasteiger partial charge in [0, 0.05) is 11.1 Å². The van der Waals surface area contributed by atoms with Crippen LogP contribution in [0, 0.1) is 5.82 Å². The molecule has 4 aromatic carbocycles. The molecule has 156 valence electrons. The average Bonchev–Trinajstić information content (AvgIpc) is 2.85. The van der Waals surface area contributed by atoms with Crippen LogP contribution in [-0.4, -0.2) is 0 Å². The van der Waals surface area contributed by atoms with E-state index in [1.807, 2.05) is 66.7 Å². The molecule has 0 bridgehead atoms. The van der Waals surface area contributed by atoms with Crippen molar-refractivity contribution in [2.45, 2.75) is 12.5 Å². The van der Waals surface area contributed by atoms with E-state index in [-0.39, 0.29) is 5.82 Å². The van der Waals surface area contributed by atoms with E-state index >= 15 is 0 Å². The predicted molar refractivity (Wildman–Crippen MR) is 132 cm³/mol. The van der Waals surface area contributed by atoms with Gasteiger partial charge in [-0.1, -0.05) is 97.6 Å². The number of nitrogens with one attached hydrogen (secondary N) is 1. The predicted octanol–water partition coefficient (Wildman–Crippen LogP) is 7.66. The van der Waals surface area contributed by atoms with Crippen LogP contribution in [0.15, 0.2) is 116 Å². The topological polar surface area (TPSA) is 12.0 Å². The van der Waals surface area contributed by atoms with Crippen LogP contribution >= 0.6 is 0 Å². The molecular weight excluding hydrogens is 393 g/mol. The summed E-state index contributed by atoms with van der Waals surface area (Å²) in [6.07, 6.45) is 2.20. The molecule has 32 heavy (non-hydrogen) atoms. The Morgan fingerprint density at radius 1 is 0.812 bits per heavy atom. The average molecular weight is 418 g/mol. The Labute approximate surface area is 188 Å². The Morgan fingerprint density at radius 3 is 2.06 bits per heavy atom. The lowest BCUT2D eigenvalue weighted by molar-refractivity contribution is 0.625. The standard InChI is InChI=1S/C30H24FN/c1-21(22-12-6-3-7-13-22)26-18-25(31)19-27-28(23-14-8-4-9-15-23)20-30(2,32-29(26)27)24-16-10-5-11-17-24/h3-20,32H,1H2,2H3. The van der Waals surface area contributed by atoms with Gasteiger partial charge in [-0.05, 0) is 53.0 Å². The summed E-state index contributed by atoms with van der Waals surface area (Å²) < 4.78 is 14.9. The highest BCUT2D eigenvalue weighted by Gasteiger charge is 2.33. The second-order valence-corrected chi connectivity index (χ2v) is 8.34. The van der Waals surface area contributed by atoms with Crippen LogP contribution in [0.5, 0.6) is 0 Å². The van der Waals surface area contributed by atoms with Crippen molar-refractivity contribution in [1.82, 2.24) is 0 Å². The maximum atomic E-state index is 14.9. The summed E-state index contributed by atoms with van der Waals surface area (Å²) in [5, 5.41) is 3.73. The van der Waals surface area contributed by atoms with Crippen molar-refractivity contribution in [2.75, 3.05) is 5.32 Å². The fraction of sp³-hybridized carbons (Fsp3) is 0.0667. The fourth-order valence-corrected chi connectivity index (χ4v) is 4.45. The zero-order valence-corrected chi connectivity index (χ0v) is 18.0. The molecule has 1 unspecified atom stereocenters. The monoisotopic (exact) mass is 417 g/mol. The number of benzene rings is 4. The van der Waals surface area contributed by atoms with E-state index in [4.69, 9.17) is 0 Å². The second kappa shape index (κ2) is 7.97. The summed E-state index contributed by atoms with van der Waals surface area (Å²) in [6.45, 7) is 6.50. The second-order valence-electron chi connectivity index (χ2n) is 8.34. The first kappa shape index (κ1) is 20.0. The molecule has 0 amide bonds. The quantitative estimate of drug-likeness (QED) is 0.359. The van der Waals surface area contributed by atoms with Gasteiger partial charge in [-0.15, -0.1) is 0 Å². The van der Waals surface area contributed by atoms with Crippen LogP contribution in [-0.2, 0) is 5.54 Å². The Balaban J connectivity index is 1.76. The Morgan fingerprint density at radius 2 is 1.41 bits per heavy atom. The third-order valence-electron chi connectivity index (χ3n) is 6.12. The first-order valence-electron chi connectivity index (χ1n) is 10.8. The summed E-state index contributed by atoms with van der Waals surface area (Å²) >= 11 is 0. The van der Waals surface area contributed by atoms with E-state index in [9.17, 15) is 4.39 Å². The van der Waals surface area contributed by atoms with Crippen LogP contribution in [0.1, 0.15) is 34.7 Å². The van der Waals surface area contributed by atoms with Crippen molar-refractivity contribution in [2.24, 2.45) is 0 Å². The highest BCUT2D eigenvalue weighted by Crippen LogP contribution is 2.45. The SMILES string of the molecule is C=C(c1ccccc1)c1cc(F)cc2c1NC(C)(c1ccccc1)C=C2c1ccccc1. The van der Waals surface area contributed by atoms with Crippen LogP contribution in [0.2, 0.25) is 0 Å². The van der Waals surface area contributed by atoms with Crippen molar-refractivity contribution in [1.29, 1.82) is 0 Å². The molecule has 1 aliphatic rings. The molecule has 4 aromatic rings. The molecule has 0 aliphatic carbocycles. The highest BCUT2D eigenvalue weighted by atomic mass is 19.1. The number of hydrogen-bond acceptors (Lipinski definition) is 1. The summed E-state index contributed by atoms with van der Waals surface area (Å²) in [5.74, 6) is -0.275. The van der Waals surface area contributed by atoms with E-state index < -0.39 is 5.54 Å². The van der Waals surface area contributed by atoms with Crippen molar-refractivity contribution in [3.63, 3.8) is 0 Å². The molecule has 1 atom stereocenters. The largest absolute Gasteiger partial charge is 0.371 e. The third-order valence-corrected chi connectivity index (χ3v) is 6.12. The summed E-state index contributed by atoms with van der Waals surface area (Å²) in [7, 11) is 0. The van der Waals surface area contributed by atoms with Crippen molar-refractivity contribution in [3.8, 4) is 0 Å². The van der Waals surface area contributed by atoms with Gasteiger partial charge in [0.25, 0.3) is 0 Å². The minimum atomic E-state index is -0.469. The van der Waals surface area contributed by atoms with Gasteiger partial charge in [-0.25, -0.2) is 4.39 Å². The van der Waals surface area contributed by atoms with Crippen molar-refractivity contribution in [3.05, 3.63) is 149 Å². The van der Waals surface area contributed by atoms with Crippen LogP contribution in [0.4, 0.5) is 10.1 Å². The zero-order chi connectivity index (χ0) is 22.1. The van der Waals surface area contributed by atoms with E-state index in [0.29, 0.717) is 0 Å². The normalized spacial score (nSPS) is 17.1. The van der Waals surface area contributed by atoms with E-state index in [1.165, 1.54) is 0 Å². The van der Waals surface area contributed by atoms with Gasteiger partial charge < -0.3 is 5.32 Å². The molecule has 0 saturated heterocycles. The minimum Gasteiger partial charge on any atom is -0.371 e. The summed E-state index contributed by atoms with van der Waals surface area (Å²) in [6, 6.07) is 33.6. The highest BCUT2D eigenvalue weighted by molar-refractivity contribution is 5.96. The van der Waals surface area contributed by atoms with E-state index in [1.54, 1.807) is 12.1 Å². The number of hydrogen-bond donors (Lipinski definition) is 1. The van der Waals surface area contributed by atoms with Crippen molar-refractivity contribution >= 4 is 16.8 Å². The molecule has 5 rings (SSSR count). The molecule has 0 aromatic heterocycles.